The first-order valence-electron chi connectivity index (χ1n) is 7.04. The monoisotopic (exact) mass is 265 g/mol. The van der Waals surface area contributed by atoms with E-state index < -0.39 is 0 Å². The van der Waals surface area contributed by atoms with E-state index in [0.29, 0.717) is 23.6 Å². The fourth-order valence-electron chi connectivity index (χ4n) is 3.35. The highest BCUT2D eigenvalue weighted by molar-refractivity contribution is 5.29. The van der Waals surface area contributed by atoms with E-state index >= 15 is 0 Å². The Morgan fingerprint density at radius 1 is 1.32 bits per heavy atom. The van der Waals surface area contributed by atoms with Crippen molar-refractivity contribution >= 4 is 0 Å². The molecule has 0 aliphatic heterocycles. The maximum absolute atomic E-state index is 13.5. The topological polar surface area (TPSA) is 35.2 Å². The minimum absolute atomic E-state index is 0.172. The normalized spacial score (nSPS) is 26.2. The predicted molar refractivity (Wildman–Crippen MR) is 75.5 cm³/mol. The molecular weight excluding hydrogens is 241 g/mol. The maximum Gasteiger partial charge on any atom is 0.127 e. The second-order valence-electron chi connectivity index (χ2n) is 6.65. The molecule has 2 unspecified atom stereocenters. The molecule has 2 nitrogen and oxygen atoms in total. The molecule has 0 aromatic heterocycles. The second kappa shape index (κ2) is 5.49. The number of hydrogen-bond acceptors (Lipinski definition) is 2. The molecule has 0 heterocycles. The Labute approximate surface area is 115 Å². The van der Waals surface area contributed by atoms with Crippen LogP contribution in [-0.4, -0.2) is 6.10 Å². The molecule has 1 aromatic carbocycles. The lowest BCUT2D eigenvalue weighted by Crippen LogP contribution is -2.34. The molecule has 19 heavy (non-hydrogen) atoms. The lowest BCUT2D eigenvalue weighted by Gasteiger charge is -2.38. The largest absolute Gasteiger partial charge is 0.490 e. The van der Waals surface area contributed by atoms with E-state index in [9.17, 15) is 4.39 Å². The van der Waals surface area contributed by atoms with Crippen molar-refractivity contribution in [1.82, 2.24) is 0 Å². The van der Waals surface area contributed by atoms with E-state index in [-0.39, 0.29) is 11.9 Å². The molecule has 0 spiro atoms. The minimum atomic E-state index is -0.277. The molecule has 3 heteroatoms. The molecule has 1 fully saturated rings. The first-order valence-corrected chi connectivity index (χ1v) is 7.04. The zero-order chi connectivity index (χ0) is 14.0. The number of hydrogen-bond donors (Lipinski definition) is 1. The lowest BCUT2D eigenvalue weighted by atomic mass is 9.71. The Balaban J connectivity index is 2.10. The van der Waals surface area contributed by atoms with Crippen molar-refractivity contribution in [3.05, 3.63) is 29.6 Å². The van der Waals surface area contributed by atoms with Gasteiger partial charge in [-0.2, -0.15) is 0 Å². The fraction of sp³-hybridized carbons (Fsp3) is 0.625. The van der Waals surface area contributed by atoms with Gasteiger partial charge in [-0.25, -0.2) is 4.39 Å². The quantitative estimate of drug-likeness (QED) is 0.900. The molecule has 0 saturated heterocycles. The summed E-state index contributed by atoms with van der Waals surface area (Å²) in [4.78, 5) is 0. The summed E-state index contributed by atoms with van der Waals surface area (Å²) in [6.07, 6.45) is 3.46. The Kier molecular flexibility index (Phi) is 4.14. The zero-order valence-electron chi connectivity index (χ0n) is 12.1. The molecule has 1 aliphatic carbocycles. The highest BCUT2D eigenvalue weighted by Gasteiger charge is 2.33. The molecule has 2 rings (SSSR count). The summed E-state index contributed by atoms with van der Waals surface area (Å²) in [7, 11) is 0. The van der Waals surface area contributed by atoms with Gasteiger partial charge in [0, 0.05) is 12.6 Å². The smallest absolute Gasteiger partial charge is 0.127 e. The van der Waals surface area contributed by atoms with Gasteiger partial charge < -0.3 is 10.5 Å². The molecule has 0 radical (unpaired) electrons. The maximum atomic E-state index is 13.5. The van der Waals surface area contributed by atoms with E-state index in [1.165, 1.54) is 18.6 Å². The van der Waals surface area contributed by atoms with Crippen LogP contribution >= 0.6 is 0 Å². The number of halogens is 1. The van der Waals surface area contributed by atoms with Crippen LogP contribution in [-0.2, 0) is 6.54 Å². The van der Waals surface area contributed by atoms with Gasteiger partial charge in [0.25, 0.3) is 0 Å². The van der Waals surface area contributed by atoms with Crippen LogP contribution < -0.4 is 10.5 Å². The van der Waals surface area contributed by atoms with E-state index in [2.05, 4.69) is 20.8 Å². The third-order valence-electron chi connectivity index (χ3n) is 3.82. The summed E-state index contributed by atoms with van der Waals surface area (Å²) in [6.45, 7) is 7.14. The van der Waals surface area contributed by atoms with Crippen LogP contribution in [0.15, 0.2) is 18.2 Å². The molecule has 0 amide bonds. The standard InChI is InChI=1S/C16H24FNO/c1-11-4-15(9-16(2,3)8-11)19-14-6-12(10-18)5-13(17)7-14/h5-7,11,15H,4,8-10,18H2,1-3H3. The number of benzene rings is 1. The minimum Gasteiger partial charge on any atom is -0.490 e. The van der Waals surface area contributed by atoms with Gasteiger partial charge in [-0.05, 0) is 48.3 Å². The van der Waals surface area contributed by atoms with E-state index in [1.54, 1.807) is 0 Å². The predicted octanol–water partition coefficient (Wildman–Crippen LogP) is 3.88. The average Bonchev–Trinajstić information content (AvgIpc) is 2.24. The Bertz CT molecular complexity index is 444. The van der Waals surface area contributed by atoms with Gasteiger partial charge >= 0.3 is 0 Å². The van der Waals surface area contributed by atoms with Gasteiger partial charge in [0.05, 0.1) is 6.10 Å². The molecular formula is C16H24FNO. The summed E-state index contributed by atoms with van der Waals surface area (Å²) in [5, 5.41) is 0. The van der Waals surface area contributed by atoms with E-state index in [4.69, 9.17) is 10.5 Å². The highest BCUT2D eigenvalue weighted by Crippen LogP contribution is 2.40. The van der Waals surface area contributed by atoms with Crippen LogP contribution in [0.5, 0.6) is 5.75 Å². The van der Waals surface area contributed by atoms with Crippen LogP contribution in [0.1, 0.15) is 45.6 Å². The summed E-state index contributed by atoms with van der Waals surface area (Å²) in [6, 6.07) is 4.75. The Hall–Kier alpha value is -1.09. The third-order valence-corrected chi connectivity index (χ3v) is 3.82. The number of rotatable bonds is 3. The summed E-state index contributed by atoms with van der Waals surface area (Å²) in [5.74, 6) is 0.979. The van der Waals surface area contributed by atoms with Gasteiger partial charge in [-0.15, -0.1) is 0 Å². The first kappa shape index (κ1) is 14.3. The summed E-state index contributed by atoms with van der Waals surface area (Å²) in [5.41, 5.74) is 6.64. The van der Waals surface area contributed by atoms with Gasteiger partial charge in [0.1, 0.15) is 11.6 Å². The molecule has 1 saturated carbocycles. The van der Waals surface area contributed by atoms with Crippen molar-refractivity contribution in [2.75, 3.05) is 0 Å². The van der Waals surface area contributed by atoms with Crippen molar-refractivity contribution in [1.29, 1.82) is 0 Å². The van der Waals surface area contributed by atoms with Gasteiger partial charge in [-0.1, -0.05) is 20.8 Å². The SMILES string of the molecule is CC1CC(Oc2cc(F)cc(CN)c2)CC(C)(C)C1. The highest BCUT2D eigenvalue weighted by atomic mass is 19.1. The van der Waals surface area contributed by atoms with Crippen molar-refractivity contribution < 1.29 is 9.13 Å². The lowest BCUT2D eigenvalue weighted by molar-refractivity contribution is 0.0560. The molecule has 2 atom stereocenters. The first-order chi connectivity index (χ1) is 8.88. The summed E-state index contributed by atoms with van der Waals surface area (Å²) >= 11 is 0. The van der Waals surface area contributed by atoms with E-state index in [0.717, 1.165) is 18.4 Å². The molecule has 0 bridgehead atoms. The van der Waals surface area contributed by atoms with Gasteiger partial charge in [-0.3, -0.25) is 0 Å². The number of ether oxygens (including phenoxy) is 1. The van der Waals surface area contributed by atoms with Gasteiger partial charge in [0.2, 0.25) is 0 Å². The van der Waals surface area contributed by atoms with Crippen LogP contribution in [0.25, 0.3) is 0 Å². The van der Waals surface area contributed by atoms with Crippen molar-refractivity contribution in [3.63, 3.8) is 0 Å². The zero-order valence-corrected chi connectivity index (χ0v) is 12.1. The molecule has 106 valence electrons. The van der Waals surface area contributed by atoms with Crippen LogP contribution in [0.2, 0.25) is 0 Å². The Morgan fingerprint density at radius 2 is 2.05 bits per heavy atom. The average molecular weight is 265 g/mol. The molecule has 1 aliphatic rings. The molecule has 1 aromatic rings. The second-order valence-corrected chi connectivity index (χ2v) is 6.65. The van der Waals surface area contributed by atoms with Gasteiger partial charge in [0.15, 0.2) is 0 Å². The van der Waals surface area contributed by atoms with Crippen LogP contribution in [0.3, 0.4) is 0 Å². The number of nitrogens with two attached hydrogens (primary N) is 1. The van der Waals surface area contributed by atoms with Crippen LogP contribution in [0, 0.1) is 17.2 Å². The van der Waals surface area contributed by atoms with Crippen LogP contribution in [0.4, 0.5) is 4.39 Å². The van der Waals surface area contributed by atoms with E-state index in [1.807, 2.05) is 6.07 Å². The van der Waals surface area contributed by atoms with Crippen molar-refractivity contribution in [2.24, 2.45) is 17.1 Å². The van der Waals surface area contributed by atoms with Crippen molar-refractivity contribution in [3.8, 4) is 5.75 Å². The summed E-state index contributed by atoms with van der Waals surface area (Å²) < 4.78 is 19.5. The third kappa shape index (κ3) is 3.93. The Morgan fingerprint density at radius 3 is 2.68 bits per heavy atom. The molecule has 2 N–H and O–H groups in total. The van der Waals surface area contributed by atoms with Crippen molar-refractivity contribution in [2.45, 2.75) is 52.7 Å². The fourth-order valence-corrected chi connectivity index (χ4v) is 3.35.